The molecule has 0 saturated carbocycles. The summed E-state index contributed by atoms with van der Waals surface area (Å²) in [6, 6.07) is 8.95. The van der Waals surface area contributed by atoms with Gasteiger partial charge in [0, 0.05) is 29.7 Å². The van der Waals surface area contributed by atoms with Gasteiger partial charge in [0.25, 0.3) is 11.8 Å². The van der Waals surface area contributed by atoms with Crippen molar-refractivity contribution in [3.8, 4) is 23.0 Å². The number of allylic oxidation sites excluding steroid dienone is 1. The minimum atomic E-state index is -0.773. The average Bonchev–Trinajstić information content (AvgIpc) is 3.61. The molecule has 19 heteroatoms. The van der Waals surface area contributed by atoms with Crippen LogP contribution in [-0.2, 0) is 14.4 Å². The van der Waals surface area contributed by atoms with Crippen LogP contribution >= 0.6 is 23.7 Å². The summed E-state index contributed by atoms with van der Waals surface area (Å²) in [7, 11) is 0. The maximum atomic E-state index is 15.9. The molecule has 1 radical (unpaired) electrons. The molecule has 9 heterocycles. The number of hydrazine groups is 1. The van der Waals surface area contributed by atoms with E-state index in [1.165, 1.54) is 28.3 Å². The van der Waals surface area contributed by atoms with Crippen LogP contribution in [0, 0.1) is 11.9 Å². The van der Waals surface area contributed by atoms with Gasteiger partial charge < -0.3 is 39.8 Å². The summed E-state index contributed by atoms with van der Waals surface area (Å²) in [6.45, 7) is 0.387. The second kappa shape index (κ2) is 12.2. The number of amides is 3. The van der Waals surface area contributed by atoms with E-state index in [2.05, 4.69) is 32.4 Å². The van der Waals surface area contributed by atoms with Crippen LogP contribution in [-0.4, -0.2) is 64.9 Å². The molecule has 53 heavy (non-hydrogen) atoms. The summed E-state index contributed by atoms with van der Waals surface area (Å²) in [5, 5.41) is 9.63. The van der Waals surface area contributed by atoms with Gasteiger partial charge in [0.1, 0.15) is 40.7 Å². The molecule has 1 atom stereocenters. The van der Waals surface area contributed by atoms with Crippen LogP contribution in [0.4, 0.5) is 33.0 Å². The Hall–Kier alpha value is -6.21. The van der Waals surface area contributed by atoms with Crippen LogP contribution in [0.2, 0.25) is 0 Å². The summed E-state index contributed by atoms with van der Waals surface area (Å²) in [6.07, 6.45) is 6.85. The summed E-state index contributed by atoms with van der Waals surface area (Å²) >= 11 is 2.49. The largest absolute Gasteiger partial charge is 0.486 e. The van der Waals surface area contributed by atoms with Crippen molar-refractivity contribution in [2.75, 3.05) is 57.4 Å². The Morgan fingerprint density at radius 1 is 0.830 bits per heavy atom. The predicted octanol–water partition coefficient (Wildman–Crippen LogP) is 3.78. The van der Waals surface area contributed by atoms with Gasteiger partial charge in [0.05, 0.1) is 52.3 Å². The van der Waals surface area contributed by atoms with E-state index in [0.29, 0.717) is 80.2 Å². The van der Waals surface area contributed by atoms with Crippen molar-refractivity contribution in [1.82, 2.24) is 20.4 Å². The Morgan fingerprint density at radius 2 is 1.64 bits per heavy atom. The zero-order valence-corrected chi connectivity index (χ0v) is 28.7. The molecule has 10 rings (SSSR count). The van der Waals surface area contributed by atoms with Gasteiger partial charge in [0.2, 0.25) is 5.91 Å². The third kappa shape index (κ3) is 5.46. The molecule has 3 amide bonds. The molecule has 1 unspecified atom stereocenters. The fourth-order valence-electron chi connectivity index (χ4n) is 6.37. The monoisotopic (exact) mass is 752 g/mol. The van der Waals surface area contributed by atoms with Crippen molar-refractivity contribution in [3.05, 3.63) is 82.8 Å². The van der Waals surface area contributed by atoms with E-state index < -0.39 is 11.9 Å². The summed E-state index contributed by atoms with van der Waals surface area (Å²) in [4.78, 5) is 53.0. The van der Waals surface area contributed by atoms with E-state index >= 15 is 4.39 Å². The Kier molecular flexibility index (Phi) is 7.25. The molecule has 4 N–H and O–H groups in total. The van der Waals surface area contributed by atoms with Crippen LogP contribution in [0.1, 0.15) is 17.4 Å². The Morgan fingerprint density at radius 3 is 2.53 bits per heavy atom. The number of thioether (sulfide) groups is 1. The van der Waals surface area contributed by atoms with Crippen molar-refractivity contribution in [1.29, 1.82) is 0 Å². The summed E-state index contributed by atoms with van der Waals surface area (Å²) in [5.74, 6) is 0.595. The molecule has 4 aromatic rings. The fourth-order valence-corrected chi connectivity index (χ4v) is 8.18. The lowest BCUT2D eigenvalue weighted by Gasteiger charge is -2.36. The number of benzene rings is 1. The second-order valence-electron chi connectivity index (χ2n) is 12.1. The number of anilines is 5. The number of nitrogens with one attached hydrogen (secondary N) is 4. The van der Waals surface area contributed by atoms with E-state index in [1.54, 1.807) is 30.6 Å². The molecular formula is C34H23FN9O7S2. The molecule has 265 valence electrons. The maximum absolute atomic E-state index is 15.9. The Labute approximate surface area is 307 Å². The first-order chi connectivity index (χ1) is 25.8. The first-order valence-electron chi connectivity index (χ1n) is 16.2. The summed E-state index contributed by atoms with van der Waals surface area (Å²) in [5.41, 5.74) is 6.70. The number of hydrogen-bond acceptors (Lipinski definition) is 15. The molecule has 0 saturated heterocycles. The van der Waals surface area contributed by atoms with Gasteiger partial charge >= 0.3 is 0 Å². The highest BCUT2D eigenvalue weighted by atomic mass is 32.2. The highest BCUT2D eigenvalue weighted by Crippen LogP contribution is 2.51. The molecule has 0 bridgehead atoms. The highest BCUT2D eigenvalue weighted by Gasteiger charge is 2.41. The van der Waals surface area contributed by atoms with Crippen molar-refractivity contribution >= 4 is 75.6 Å². The zero-order valence-electron chi connectivity index (χ0n) is 27.0. The number of halogens is 1. The lowest BCUT2D eigenvalue weighted by molar-refractivity contribution is -0.119. The Bertz CT molecular complexity index is 2380. The highest BCUT2D eigenvalue weighted by molar-refractivity contribution is 8.04. The second-order valence-corrected chi connectivity index (χ2v) is 14.0. The molecule has 3 aromatic heterocycles. The first kappa shape index (κ1) is 31.5. The quantitative estimate of drug-likeness (QED) is 0.221. The minimum absolute atomic E-state index is 0.0912. The zero-order chi connectivity index (χ0) is 35.8. The van der Waals surface area contributed by atoms with E-state index in [9.17, 15) is 14.4 Å². The van der Waals surface area contributed by atoms with Crippen molar-refractivity contribution in [2.45, 2.75) is 11.1 Å². The van der Waals surface area contributed by atoms with E-state index in [4.69, 9.17) is 28.9 Å². The number of carbonyl (C=O) groups excluding carboxylic acids is 3. The van der Waals surface area contributed by atoms with E-state index in [-0.39, 0.29) is 53.9 Å². The van der Waals surface area contributed by atoms with Gasteiger partial charge in [-0.25, -0.2) is 18.8 Å². The van der Waals surface area contributed by atoms with Crippen LogP contribution < -0.4 is 49.6 Å². The number of nitrogens with zero attached hydrogens (tertiary/aromatic N) is 5. The standard InChI is InChI=1S/C34H23FN9O7S2/c35-17-7-25-20(38-28(45)12-51-25)8-22(17)44-42-31-16(18-1-2-24-32(40-18)41-29(46)13-50-24)6-23(19-9-26-27(11-36-19)49-4-3-48-26)43(34(31)53-44)15-5-21-33(37-10-15)52-14-30(47)39-21/h1-2,5,7-11,23,42H,3-4,12-14H2,(H,38,45)(H,39,47)(H,40,41,46). The lowest BCUT2D eigenvalue weighted by Crippen LogP contribution is -2.33. The number of ether oxygens (including phenoxy) is 4. The lowest BCUT2D eigenvalue weighted by atomic mass is 9.97. The number of aromatic nitrogens is 3. The van der Waals surface area contributed by atoms with Crippen LogP contribution in [0.5, 0.6) is 23.0 Å². The van der Waals surface area contributed by atoms with Crippen molar-refractivity contribution in [3.63, 3.8) is 0 Å². The van der Waals surface area contributed by atoms with Gasteiger partial charge in [-0.05, 0) is 30.3 Å². The molecule has 0 spiro atoms. The minimum Gasteiger partial charge on any atom is -0.486 e. The van der Waals surface area contributed by atoms with Crippen molar-refractivity contribution < 1.29 is 37.7 Å². The predicted molar refractivity (Wildman–Crippen MR) is 190 cm³/mol. The summed E-state index contributed by atoms with van der Waals surface area (Å²) < 4.78 is 40.1. The third-order valence-corrected chi connectivity index (χ3v) is 10.8. The number of fused-ring (bicyclic) bond motifs is 4. The molecular weight excluding hydrogens is 730 g/mol. The smallest absolute Gasteiger partial charge is 0.263 e. The molecule has 6 aliphatic heterocycles. The van der Waals surface area contributed by atoms with Gasteiger partial charge in [-0.3, -0.25) is 24.8 Å². The topological polar surface area (TPSA) is 181 Å². The van der Waals surface area contributed by atoms with E-state index in [0.717, 1.165) is 11.9 Å². The van der Waals surface area contributed by atoms with Crippen molar-refractivity contribution in [2.24, 2.45) is 0 Å². The fraction of sp³-hybridized carbons (Fsp3) is 0.176. The molecule has 0 aliphatic carbocycles. The van der Waals surface area contributed by atoms with Gasteiger partial charge in [-0.1, -0.05) is 11.8 Å². The maximum Gasteiger partial charge on any atom is 0.263 e. The first-order valence-corrected chi connectivity index (χ1v) is 17.9. The number of pyridine rings is 3. The van der Waals surface area contributed by atoms with Crippen LogP contribution in [0.25, 0.3) is 5.57 Å². The van der Waals surface area contributed by atoms with E-state index in [1.807, 2.05) is 11.0 Å². The molecule has 1 aromatic carbocycles. The molecule has 0 fully saturated rings. The van der Waals surface area contributed by atoms with Gasteiger partial charge in [-0.15, -0.1) is 0 Å². The van der Waals surface area contributed by atoms with Gasteiger partial charge in [-0.2, -0.15) is 0 Å². The SMILES string of the molecule is O=C1COc2cc(F)c(N3NC4=C(S3)N(c3cnc5c(c3)NC(=O)CS5)C(c3cc5c(cn3)OCCO5)[C]=C4c3ccc4c(n3)NC(=O)CO4)cc2N1. The van der Waals surface area contributed by atoms with Gasteiger partial charge in [0.15, 0.2) is 42.1 Å². The number of rotatable bonds is 4. The Balaban J connectivity index is 1.14. The third-order valence-electron chi connectivity index (χ3n) is 8.70. The average molecular weight is 753 g/mol. The normalized spacial score (nSPS) is 19.6. The van der Waals surface area contributed by atoms with Crippen LogP contribution in [0.15, 0.2) is 64.5 Å². The molecule has 16 nitrogen and oxygen atoms in total. The number of carbonyl (C=O) groups is 3. The van der Waals surface area contributed by atoms with Crippen LogP contribution in [0.3, 0.4) is 0 Å². The number of hydrogen-bond donors (Lipinski definition) is 4. The molecule has 6 aliphatic rings.